The molecular formula is C14H26BNOS2. The summed E-state index contributed by atoms with van der Waals surface area (Å²) in [6.07, 6.45) is 3.84. The molecule has 0 aromatic carbocycles. The Kier molecular flexibility index (Phi) is 11.1. The lowest BCUT2D eigenvalue weighted by Crippen LogP contribution is -2.31. The van der Waals surface area contributed by atoms with Gasteiger partial charge in [0.2, 0.25) is 0 Å². The Morgan fingerprint density at radius 1 is 1.32 bits per heavy atom. The molecule has 1 atom stereocenters. The fraction of sp³-hybridized carbons (Fsp3) is 0.857. The topological polar surface area (TPSA) is 21.3 Å². The predicted octanol–water partition coefficient (Wildman–Crippen LogP) is 3.27. The SMILES string of the molecule is [B]C(CCCNC(C)C)(OCC#CC(C)C)SSC. The Bertz CT molecular complexity index is 289. The van der Waals surface area contributed by atoms with E-state index in [0.29, 0.717) is 18.6 Å². The molecule has 0 aromatic heterocycles. The second-order valence-electron chi connectivity index (χ2n) is 5.04. The summed E-state index contributed by atoms with van der Waals surface area (Å²) in [5.74, 6) is 6.47. The standard InChI is InChI=1S/C14H26BNOS2/c1-12(2)8-6-11-17-14(15,19-18-5)9-7-10-16-13(3)4/h12-13,16H,7,9-11H2,1-5H3. The molecule has 0 aromatic rings. The molecular weight excluding hydrogens is 273 g/mol. The van der Waals surface area contributed by atoms with Crippen LogP contribution in [-0.4, -0.2) is 38.1 Å². The number of rotatable bonds is 9. The van der Waals surface area contributed by atoms with E-state index in [-0.39, 0.29) is 0 Å². The first kappa shape index (κ1) is 19.2. The Morgan fingerprint density at radius 2 is 2.00 bits per heavy atom. The Labute approximate surface area is 128 Å². The average Bonchev–Trinajstić information content (AvgIpc) is 2.31. The molecule has 1 unspecified atom stereocenters. The molecule has 0 aliphatic rings. The quantitative estimate of drug-likeness (QED) is 0.232. The maximum atomic E-state index is 6.27. The molecule has 2 radical (unpaired) electrons. The van der Waals surface area contributed by atoms with Gasteiger partial charge in [-0.2, -0.15) is 0 Å². The van der Waals surface area contributed by atoms with Gasteiger partial charge in [0.1, 0.15) is 14.5 Å². The highest BCUT2D eigenvalue weighted by molar-refractivity contribution is 8.77. The van der Waals surface area contributed by atoms with Crippen molar-refractivity contribution in [2.24, 2.45) is 5.92 Å². The van der Waals surface area contributed by atoms with Crippen molar-refractivity contribution in [2.45, 2.75) is 51.4 Å². The highest BCUT2D eigenvalue weighted by Crippen LogP contribution is 2.36. The zero-order valence-corrected chi connectivity index (χ0v) is 14.4. The summed E-state index contributed by atoms with van der Waals surface area (Å²) >= 11 is 0. The number of nitrogens with one attached hydrogen (secondary N) is 1. The molecule has 0 rings (SSSR count). The zero-order chi connectivity index (χ0) is 14.7. The summed E-state index contributed by atoms with van der Waals surface area (Å²) < 4.78 is 5.75. The molecule has 0 fully saturated rings. The molecule has 19 heavy (non-hydrogen) atoms. The molecule has 108 valence electrons. The van der Waals surface area contributed by atoms with Crippen LogP contribution in [0.4, 0.5) is 0 Å². The summed E-state index contributed by atoms with van der Waals surface area (Å²) in [6, 6.07) is 0.512. The fourth-order valence-electron chi connectivity index (χ4n) is 1.41. The van der Waals surface area contributed by atoms with Gasteiger partial charge in [-0.1, -0.05) is 61.1 Å². The molecule has 0 bridgehead atoms. The minimum atomic E-state index is -0.635. The fourth-order valence-corrected chi connectivity index (χ4v) is 3.27. The Balaban J connectivity index is 4.08. The molecule has 0 aliphatic carbocycles. The first-order valence-corrected chi connectivity index (χ1v) is 9.32. The van der Waals surface area contributed by atoms with Gasteiger partial charge in [0.15, 0.2) is 0 Å². The van der Waals surface area contributed by atoms with Crippen molar-refractivity contribution in [1.82, 2.24) is 5.32 Å². The van der Waals surface area contributed by atoms with Crippen LogP contribution in [-0.2, 0) is 4.74 Å². The molecule has 2 nitrogen and oxygen atoms in total. The van der Waals surface area contributed by atoms with Crippen molar-refractivity contribution < 1.29 is 4.74 Å². The second-order valence-corrected chi connectivity index (χ2v) is 7.73. The van der Waals surface area contributed by atoms with Crippen molar-refractivity contribution in [2.75, 3.05) is 19.4 Å². The van der Waals surface area contributed by atoms with Crippen LogP contribution >= 0.6 is 21.6 Å². The molecule has 0 spiro atoms. The van der Waals surface area contributed by atoms with Gasteiger partial charge in [-0.25, -0.2) is 0 Å². The largest absolute Gasteiger partial charge is 0.361 e. The summed E-state index contributed by atoms with van der Waals surface area (Å²) in [5, 5.41) is 3.39. The minimum Gasteiger partial charge on any atom is -0.361 e. The zero-order valence-electron chi connectivity index (χ0n) is 12.8. The van der Waals surface area contributed by atoms with Gasteiger partial charge in [0, 0.05) is 12.0 Å². The molecule has 0 heterocycles. The van der Waals surface area contributed by atoms with E-state index in [1.165, 1.54) is 0 Å². The van der Waals surface area contributed by atoms with E-state index in [4.69, 9.17) is 12.6 Å². The van der Waals surface area contributed by atoms with Gasteiger partial charge >= 0.3 is 0 Å². The number of hydrogen-bond acceptors (Lipinski definition) is 4. The van der Waals surface area contributed by atoms with Crippen molar-refractivity contribution in [3.05, 3.63) is 0 Å². The first-order chi connectivity index (χ1) is 8.89. The van der Waals surface area contributed by atoms with E-state index in [9.17, 15) is 0 Å². The second kappa shape index (κ2) is 11.0. The van der Waals surface area contributed by atoms with Gasteiger partial charge in [-0.3, -0.25) is 0 Å². The number of ether oxygens (including phenoxy) is 1. The molecule has 0 aliphatic heterocycles. The predicted molar refractivity (Wildman–Crippen MR) is 90.5 cm³/mol. The summed E-state index contributed by atoms with van der Waals surface area (Å²) in [5.41, 5.74) is 0. The Hall–Kier alpha value is 0.245. The van der Waals surface area contributed by atoms with E-state index in [1.807, 2.05) is 6.26 Å². The average molecular weight is 299 g/mol. The van der Waals surface area contributed by atoms with Gasteiger partial charge in [0.05, 0.1) is 4.83 Å². The van der Waals surface area contributed by atoms with Crippen molar-refractivity contribution in [3.63, 3.8) is 0 Å². The van der Waals surface area contributed by atoms with Crippen LogP contribution in [0.2, 0.25) is 0 Å². The summed E-state index contributed by atoms with van der Waals surface area (Å²) in [6.45, 7) is 9.79. The lowest BCUT2D eigenvalue weighted by atomic mass is 9.94. The molecule has 5 heteroatoms. The lowest BCUT2D eigenvalue weighted by Gasteiger charge is -2.28. The Morgan fingerprint density at radius 3 is 2.53 bits per heavy atom. The molecule has 0 amide bonds. The van der Waals surface area contributed by atoms with Gasteiger partial charge < -0.3 is 10.1 Å². The van der Waals surface area contributed by atoms with Gasteiger partial charge in [0.25, 0.3) is 0 Å². The van der Waals surface area contributed by atoms with Crippen LogP contribution in [0, 0.1) is 17.8 Å². The third-order valence-electron chi connectivity index (χ3n) is 2.26. The summed E-state index contributed by atoms with van der Waals surface area (Å²) in [4.78, 5) is -0.635. The van der Waals surface area contributed by atoms with Crippen LogP contribution in [0.5, 0.6) is 0 Å². The highest BCUT2D eigenvalue weighted by Gasteiger charge is 2.24. The van der Waals surface area contributed by atoms with Crippen LogP contribution in [0.1, 0.15) is 40.5 Å². The summed E-state index contributed by atoms with van der Waals surface area (Å²) in [7, 11) is 9.48. The van der Waals surface area contributed by atoms with Crippen LogP contribution < -0.4 is 5.32 Å². The van der Waals surface area contributed by atoms with Crippen molar-refractivity contribution in [1.29, 1.82) is 0 Å². The van der Waals surface area contributed by atoms with Crippen LogP contribution in [0.15, 0.2) is 0 Å². The smallest absolute Gasteiger partial charge is 0.130 e. The van der Waals surface area contributed by atoms with Crippen molar-refractivity contribution >= 4 is 29.4 Å². The lowest BCUT2D eigenvalue weighted by molar-refractivity contribution is 0.104. The third-order valence-corrected chi connectivity index (χ3v) is 4.38. The van der Waals surface area contributed by atoms with Gasteiger partial charge in [-0.05, 0) is 25.6 Å². The highest BCUT2D eigenvalue weighted by atomic mass is 33.1. The van der Waals surface area contributed by atoms with E-state index >= 15 is 0 Å². The van der Waals surface area contributed by atoms with Crippen molar-refractivity contribution in [3.8, 4) is 11.8 Å². The third kappa shape index (κ3) is 11.7. The molecule has 1 N–H and O–H groups in total. The molecule has 0 saturated heterocycles. The first-order valence-electron chi connectivity index (χ1n) is 6.76. The van der Waals surface area contributed by atoms with E-state index < -0.39 is 4.83 Å². The maximum absolute atomic E-state index is 6.27. The minimum absolute atomic E-state index is 0.374. The van der Waals surface area contributed by atoms with E-state index in [0.717, 1.165) is 19.4 Å². The van der Waals surface area contributed by atoms with Gasteiger partial charge in [-0.15, -0.1) is 0 Å². The normalized spacial score (nSPS) is 14.3. The van der Waals surface area contributed by atoms with E-state index in [1.54, 1.807) is 21.6 Å². The van der Waals surface area contributed by atoms with Crippen LogP contribution in [0.3, 0.4) is 0 Å². The van der Waals surface area contributed by atoms with Crippen LogP contribution in [0.25, 0.3) is 0 Å². The monoisotopic (exact) mass is 299 g/mol. The van der Waals surface area contributed by atoms with E-state index in [2.05, 4.69) is 44.9 Å². The number of hydrogen-bond donors (Lipinski definition) is 1. The maximum Gasteiger partial charge on any atom is 0.130 e. The molecule has 0 saturated carbocycles.